The maximum absolute atomic E-state index is 11.3. The quantitative estimate of drug-likeness (QED) is 0.577. The number of hydrogen-bond acceptors (Lipinski definition) is 4. The van der Waals surface area contributed by atoms with Gasteiger partial charge in [-0.15, -0.1) is 0 Å². The molecule has 0 heterocycles. The van der Waals surface area contributed by atoms with E-state index in [2.05, 4.69) is 0 Å². The van der Waals surface area contributed by atoms with Crippen LogP contribution in [-0.4, -0.2) is 32.8 Å². The molecule has 0 aliphatic carbocycles. The Morgan fingerprint density at radius 3 is 2.25 bits per heavy atom. The van der Waals surface area contributed by atoms with Crippen molar-refractivity contribution in [2.45, 2.75) is 12.7 Å². The van der Waals surface area contributed by atoms with E-state index in [4.69, 9.17) is 15.2 Å². The van der Waals surface area contributed by atoms with E-state index in [-0.39, 0.29) is 18.6 Å². The molecule has 0 aromatic heterocycles. The fraction of sp³-hybridized carbons (Fsp3) is 0.417. The largest absolute Gasteiger partial charge is 0.356 e. The molecule has 0 amide bonds. The predicted octanol–water partition coefficient (Wildman–Crippen LogP) is 0.989. The summed E-state index contributed by atoms with van der Waals surface area (Å²) in [5, 5.41) is 0. The number of nitrogens with two attached hydrogens (primary N) is 1. The first-order chi connectivity index (χ1) is 7.71. The molecule has 0 saturated heterocycles. The summed E-state index contributed by atoms with van der Waals surface area (Å²) in [5.41, 5.74) is 6.97. The molecule has 1 aromatic rings. The molecule has 0 aliphatic rings. The van der Waals surface area contributed by atoms with Crippen LogP contribution in [0.1, 0.15) is 15.9 Å². The summed E-state index contributed by atoms with van der Waals surface area (Å²) >= 11 is 0. The van der Waals surface area contributed by atoms with Crippen LogP contribution in [-0.2, 0) is 15.9 Å². The maximum Gasteiger partial charge on any atom is 0.176 e. The Hall–Kier alpha value is -1.23. The third-order valence-electron chi connectivity index (χ3n) is 2.39. The predicted molar refractivity (Wildman–Crippen MR) is 61.3 cm³/mol. The SMILES string of the molecule is COC(Cc1ccc(C(=O)CN)cc1)OC. The molecule has 0 unspecified atom stereocenters. The van der Waals surface area contributed by atoms with Gasteiger partial charge in [-0.2, -0.15) is 0 Å². The zero-order chi connectivity index (χ0) is 12.0. The lowest BCUT2D eigenvalue weighted by Gasteiger charge is -2.13. The lowest BCUT2D eigenvalue weighted by atomic mass is 10.1. The van der Waals surface area contributed by atoms with Crippen LogP contribution in [0.15, 0.2) is 24.3 Å². The zero-order valence-electron chi connectivity index (χ0n) is 9.60. The second-order valence-corrected chi connectivity index (χ2v) is 3.43. The van der Waals surface area contributed by atoms with Crippen LogP contribution in [0.5, 0.6) is 0 Å². The molecule has 0 bridgehead atoms. The number of rotatable bonds is 6. The second-order valence-electron chi connectivity index (χ2n) is 3.43. The zero-order valence-corrected chi connectivity index (χ0v) is 9.60. The summed E-state index contributed by atoms with van der Waals surface area (Å²) < 4.78 is 10.2. The fourth-order valence-electron chi connectivity index (χ4n) is 1.40. The van der Waals surface area contributed by atoms with E-state index in [1.807, 2.05) is 12.1 Å². The van der Waals surface area contributed by atoms with E-state index >= 15 is 0 Å². The molecule has 88 valence electrons. The van der Waals surface area contributed by atoms with Crippen molar-refractivity contribution in [2.75, 3.05) is 20.8 Å². The average Bonchev–Trinajstić information content (AvgIpc) is 2.35. The third-order valence-corrected chi connectivity index (χ3v) is 2.39. The first kappa shape index (κ1) is 12.8. The van der Waals surface area contributed by atoms with E-state index < -0.39 is 0 Å². The Morgan fingerprint density at radius 2 is 1.81 bits per heavy atom. The second kappa shape index (κ2) is 6.37. The first-order valence-corrected chi connectivity index (χ1v) is 5.09. The molecule has 4 heteroatoms. The number of Topliss-reactive ketones (excluding diaryl/α,β-unsaturated/α-hetero) is 1. The molecule has 0 spiro atoms. The molecule has 2 N–H and O–H groups in total. The Balaban J connectivity index is 2.67. The molecule has 0 saturated carbocycles. The number of benzene rings is 1. The van der Waals surface area contributed by atoms with Crippen molar-refractivity contribution in [2.24, 2.45) is 5.73 Å². The van der Waals surface area contributed by atoms with E-state index in [0.29, 0.717) is 12.0 Å². The van der Waals surface area contributed by atoms with Crippen molar-refractivity contribution < 1.29 is 14.3 Å². The Morgan fingerprint density at radius 1 is 1.25 bits per heavy atom. The topological polar surface area (TPSA) is 61.5 Å². The fourth-order valence-corrected chi connectivity index (χ4v) is 1.40. The van der Waals surface area contributed by atoms with Crippen molar-refractivity contribution in [3.8, 4) is 0 Å². The van der Waals surface area contributed by atoms with E-state index in [1.165, 1.54) is 0 Å². The third kappa shape index (κ3) is 3.41. The van der Waals surface area contributed by atoms with Gasteiger partial charge < -0.3 is 15.2 Å². The van der Waals surface area contributed by atoms with Gasteiger partial charge >= 0.3 is 0 Å². The molecule has 0 atom stereocenters. The van der Waals surface area contributed by atoms with Gasteiger partial charge in [0.05, 0.1) is 6.54 Å². The minimum Gasteiger partial charge on any atom is -0.356 e. The van der Waals surface area contributed by atoms with Crippen LogP contribution in [0.2, 0.25) is 0 Å². The van der Waals surface area contributed by atoms with Crippen molar-refractivity contribution >= 4 is 5.78 Å². The summed E-state index contributed by atoms with van der Waals surface area (Å²) in [7, 11) is 3.20. The highest BCUT2D eigenvalue weighted by atomic mass is 16.7. The number of hydrogen-bond donors (Lipinski definition) is 1. The smallest absolute Gasteiger partial charge is 0.176 e. The van der Waals surface area contributed by atoms with Crippen LogP contribution < -0.4 is 5.73 Å². The number of ether oxygens (including phenoxy) is 2. The van der Waals surface area contributed by atoms with Gasteiger partial charge in [-0.05, 0) is 5.56 Å². The molecule has 4 nitrogen and oxygen atoms in total. The van der Waals surface area contributed by atoms with Gasteiger partial charge in [-0.1, -0.05) is 24.3 Å². The van der Waals surface area contributed by atoms with Gasteiger partial charge in [-0.25, -0.2) is 0 Å². The highest BCUT2D eigenvalue weighted by Gasteiger charge is 2.07. The Labute approximate surface area is 95.3 Å². The van der Waals surface area contributed by atoms with Gasteiger partial charge in [0.25, 0.3) is 0 Å². The average molecular weight is 223 g/mol. The molecule has 0 fully saturated rings. The highest BCUT2D eigenvalue weighted by molar-refractivity contribution is 5.97. The highest BCUT2D eigenvalue weighted by Crippen LogP contribution is 2.09. The summed E-state index contributed by atoms with van der Waals surface area (Å²) in [6.07, 6.45) is 0.403. The first-order valence-electron chi connectivity index (χ1n) is 5.09. The maximum atomic E-state index is 11.3. The Kier molecular flexibility index (Phi) is 5.11. The summed E-state index contributed by atoms with van der Waals surface area (Å²) in [6, 6.07) is 7.31. The summed E-state index contributed by atoms with van der Waals surface area (Å²) in [6.45, 7) is 0.0398. The molecular formula is C12H17NO3. The monoisotopic (exact) mass is 223 g/mol. The minimum absolute atomic E-state index is 0.0398. The van der Waals surface area contributed by atoms with Crippen molar-refractivity contribution in [3.05, 3.63) is 35.4 Å². The Bertz CT molecular complexity index is 331. The molecule has 1 rings (SSSR count). The lowest BCUT2D eigenvalue weighted by molar-refractivity contribution is -0.100. The van der Waals surface area contributed by atoms with Gasteiger partial charge in [0.2, 0.25) is 0 Å². The summed E-state index contributed by atoms with van der Waals surface area (Å²) in [4.78, 5) is 11.3. The van der Waals surface area contributed by atoms with Gasteiger partial charge in [-0.3, -0.25) is 4.79 Å². The van der Waals surface area contributed by atoms with Crippen LogP contribution in [0, 0.1) is 0 Å². The number of methoxy groups -OCH3 is 2. The van der Waals surface area contributed by atoms with E-state index in [0.717, 1.165) is 5.56 Å². The number of carbonyl (C=O) groups is 1. The minimum atomic E-state index is -0.254. The lowest BCUT2D eigenvalue weighted by Crippen LogP contribution is -2.16. The van der Waals surface area contributed by atoms with Crippen LogP contribution in [0.25, 0.3) is 0 Å². The van der Waals surface area contributed by atoms with Crippen molar-refractivity contribution in [1.82, 2.24) is 0 Å². The van der Waals surface area contributed by atoms with Gasteiger partial charge in [0, 0.05) is 26.2 Å². The summed E-state index contributed by atoms with van der Waals surface area (Å²) in [5.74, 6) is -0.0541. The molecule has 1 aromatic carbocycles. The van der Waals surface area contributed by atoms with Crippen LogP contribution in [0.3, 0.4) is 0 Å². The van der Waals surface area contributed by atoms with Gasteiger partial charge in [0.15, 0.2) is 12.1 Å². The number of carbonyl (C=O) groups excluding carboxylic acids is 1. The van der Waals surface area contributed by atoms with E-state index in [9.17, 15) is 4.79 Å². The van der Waals surface area contributed by atoms with Gasteiger partial charge in [0.1, 0.15) is 0 Å². The van der Waals surface area contributed by atoms with Crippen molar-refractivity contribution in [1.29, 1.82) is 0 Å². The number of ketones is 1. The standard InChI is InChI=1S/C12H17NO3/c1-15-12(16-2)7-9-3-5-10(6-4-9)11(14)8-13/h3-6,12H,7-8,13H2,1-2H3. The van der Waals surface area contributed by atoms with Crippen LogP contribution in [0.4, 0.5) is 0 Å². The van der Waals surface area contributed by atoms with Crippen LogP contribution >= 0.6 is 0 Å². The van der Waals surface area contributed by atoms with Crippen molar-refractivity contribution in [3.63, 3.8) is 0 Å². The molecular weight excluding hydrogens is 206 g/mol. The van der Waals surface area contributed by atoms with E-state index in [1.54, 1.807) is 26.4 Å². The molecule has 0 radical (unpaired) electrons. The molecule has 16 heavy (non-hydrogen) atoms. The molecule has 0 aliphatic heterocycles. The normalized spacial score (nSPS) is 10.8.